The van der Waals surface area contributed by atoms with Gasteiger partial charge in [0.05, 0.1) is 5.56 Å². The Bertz CT molecular complexity index is 492. The van der Waals surface area contributed by atoms with Crippen LogP contribution in [0.4, 0.5) is 13.2 Å². The summed E-state index contributed by atoms with van der Waals surface area (Å²) >= 11 is 0. The van der Waals surface area contributed by atoms with Crippen molar-refractivity contribution in [2.45, 2.75) is 25.1 Å². The molecule has 1 heterocycles. The minimum atomic E-state index is -4.42. The molecule has 1 atom stereocenters. The number of hydrogen-bond acceptors (Lipinski definition) is 4. The van der Waals surface area contributed by atoms with E-state index in [4.69, 9.17) is 5.73 Å². The van der Waals surface area contributed by atoms with Gasteiger partial charge in [-0.1, -0.05) is 0 Å². The second-order valence-corrected chi connectivity index (χ2v) is 4.94. The third kappa shape index (κ3) is 5.69. The molecule has 2 rings (SSSR count). The van der Waals surface area contributed by atoms with Crippen molar-refractivity contribution in [3.8, 4) is 5.88 Å². The van der Waals surface area contributed by atoms with E-state index < -0.39 is 12.8 Å². The zero-order valence-electron chi connectivity index (χ0n) is 11.6. The third-order valence-corrected chi connectivity index (χ3v) is 3.14. The van der Waals surface area contributed by atoms with Crippen LogP contribution in [0.25, 0.3) is 0 Å². The fraction of sp³-hybridized carbons (Fsp3) is 0.538. The van der Waals surface area contributed by atoms with Gasteiger partial charge in [0.25, 0.3) is 5.91 Å². The molecular weight excluding hydrogens is 323 g/mol. The summed E-state index contributed by atoms with van der Waals surface area (Å²) in [5.74, 6) is -0.102. The predicted molar refractivity (Wildman–Crippen MR) is 76.1 cm³/mol. The van der Waals surface area contributed by atoms with Gasteiger partial charge in [-0.15, -0.1) is 12.4 Å². The molecule has 3 N–H and O–H groups in total. The number of nitrogens with zero attached hydrogens (tertiary/aromatic N) is 1. The number of amides is 1. The number of aromatic nitrogens is 1. The maximum Gasteiger partial charge on any atom is 0.422 e. The number of ether oxygens (including phenoxy) is 1. The number of rotatable bonds is 6. The lowest BCUT2D eigenvalue weighted by Gasteiger charge is -2.16. The first kappa shape index (κ1) is 18.5. The van der Waals surface area contributed by atoms with E-state index in [-0.39, 0.29) is 35.8 Å². The predicted octanol–water partition coefficient (Wildman–Crippen LogP) is 1.91. The number of carbonyl (C=O) groups is 1. The van der Waals surface area contributed by atoms with Crippen molar-refractivity contribution in [1.82, 2.24) is 10.3 Å². The molecule has 1 unspecified atom stereocenters. The Morgan fingerprint density at radius 1 is 1.45 bits per heavy atom. The topological polar surface area (TPSA) is 77.2 Å². The molecule has 1 aliphatic rings. The molecule has 124 valence electrons. The van der Waals surface area contributed by atoms with Crippen LogP contribution in [0.2, 0.25) is 0 Å². The van der Waals surface area contributed by atoms with Crippen molar-refractivity contribution in [3.05, 3.63) is 23.9 Å². The van der Waals surface area contributed by atoms with Crippen molar-refractivity contribution in [3.63, 3.8) is 0 Å². The summed E-state index contributed by atoms with van der Waals surface area (Å²) in [4.78, 5) is 15.6. The maximum atomic E-state index is 12.0. The fourth-order valence-corrected chi connectivity index (χ4v) is 1.88. The van der Waals surface area contributed by atoms with Gasteiger partial charge in [0.15, 0.2) is 6.61 Å². The number of hydrogen-bond donors (Lipinski definition) is 2. The lowest BCUT2D eigenvalue weighted by Crippen LogP contribution is -2.41. The molecule has 9 heteroatoms. The van der Waals surface area contributed by atoms with Crippen LogP contribution in [0.15, 0.2) is 18.3 Å². The summed E-state index contributed by atoms with van der Waals surface area (Å²) < 4.78 is 40.4. The zero-order chi connectivity index (χ0) is 15.5. The smallest absolute Gasteiger partial charge is 0.422 e. The van der Waals surface area contributed by atoms with Gasteiger partial charge in [-0.3, -0.25) is 4.79 Å². The molecule has 1 aromatic rings. The van der Waals surface area contributed by atoms with Gasteiger partial charge >= 0.3 is 6.18 Å². The van der Waals surface area contributed by atoms with E-state index in [1.807, 2.05) is 0 Å². The lowest BCUT2D eigenvalue weighted by atomic mass is 10.1. The number of pyridine rings is 1. The van der Waals surface area contributed by atoms with Gasteiger partial charge in [-0.2, -0.15) is 13.2 Å². The van der Waals surface area contributed by atoms with Crippen molar-refractivity contribution in [2.75, 3.05) is 13.2 Å². The van der Waals surface area contributed by atoms with E-state index in [0.29, 0.717) is 12.5 Å². The summed E-state index contributed by atoms with van der Waals surface area (Å²) in [7, 11) is 0. The van der Waals surface area contributed by atoms with Crippen LogP contribution in [0, 0.1) is 5.92 Å². The SMILES string of the molecule is Cl.NCC(NC(=O)c1ccc(OCC(F)(F)F)nc1)C1CC1. The minimum absolute atomic E-state index is 0. The summed E-state index contributed by atoms with van der Waals surface area (Å²) in [5, 5.41) is 2.80. The first-order valence-corrected chi connectivity index (χ1v) is 6.55. The van der Waals surface area contributed by atoms with Crippen LogP contribution in [-0.2, 0) is 0 Å². The minimum Gasteiger partial charge on any atom is -0.468 e. The number of nitrogens with one attached hydrogen (secondary N) is 1. The van der Waals surface area contributed by atoms with Crippen LogP contribution in [0.1, 0.15) is 23.2 Å². The van der Waals surface area contributed by atoms with Crippen LogP contribution < -0.4 is 15.8 Å². The number of alkyl halides is 3. The number of nitrogens with two attached hydrogens (primary N) is 1. The Morgan fingerprint density at radius 3 is 2.59 bits per heavy atom. The maximum absolute atomic E-state index is 12.0. The molecule has 5 nitrogen and oxygen atoms in total. The van der Waals surface area contributed by atoms with Gasteiger partial charge in [-0.05, 0) is 24.8 Å². The molecule has 0 saturated heterocycles. The number of carbonyl (C=O) groups excluding carboxylic acids is 1. The first-order chi connectivity index (χ1) is 9.89. The van der Waals surface area contributed by atoms with Crippen LogP contribution in [-0.4, -0.2) is 36.3 Å². The Labute approximate surface area is 131 Å². The third-order valence-electron chi connectivity index (χ3n) is 3.14. The van der Waals surface area contributed by atoms with Crippen LogP contribution in [0.5, 0.6) is 5.88 Å². The van der Waals surface area contributed by atoms with E-state index in [1.54, 1.807) is 0 Å². The molecule has 22 heavy (non-hydrogen) atoms. The monoisotopic (exact) mass is 339 g/mol. The van der Waals surface area contributed by atoms with Crippen molar-refractivity contribution < 1.29 is 22.7 Å². The highest BCUT2D eigenvalue weighted by molar-refractivity contribution is 5.94. The Balaban J connectivity index is 0.00000242. The van der Waals surface area contributed by atoms with Crippen molar-refractivity contribution >= 4 is 18.3 Å². The summed E-state index contributed by atoms with van der Waals surface area (Å²) in [6.45, 7) is -1.06. The van der Waals surface area contributed by atoms with E-state index >= 15 is 0 Å². The van der Waals surface area contributed by atoms with E-state index in [9.17, 15) is 18.0 Å². The standard InChI is InChI=1S/C13H16F3N3O2.ClH/c14-13(15,16)7-21-11-4-3-9(6-18-11)12(20)19-10(5-17)8-1-2-8;/h3-4,6,8,10H,1-2,5,7,17H2,(H,19,20);1H. The average molecular weight is 340 g/mol. The largest absolute Gasteiger partial charge is 0.468 e. The average Bonchev–Trinajstić information content (AvgIpc) is 3.26. The number of halogens is 4. The molecule has 0 radical (unpaired) electrons. The van der Waals surface area contributed by atoms with Crippen molar-refractivity contribution in [2.24, 2.45) is 11.7 Å². The highest BCUT2D eigenvalue weighted by atomic mass is 35.5. The molecule has 1 aromatic heterocycles. The molecule has 0 bridgehead atoms. The Kier molecular flexibility index (Phi) is 6.43. The van der Waals surface area contributed by atoms with Crippen molar-refractivity contribution in [1.29, 1.82) is 0 Å². The molecule has 1 aliphatic carbocycles. The second kappa shape index (κ2) is 7.64. The fourth-order valence-electron chi connectivity index (χ4n) is 1.88. The van der Waals surface area contributed by atoms with E-state index in [0.717, 1.165) is 12.8 Å². The highest BCUT2D eigenvalue weighted by Gasteiger charge is 2.31. The Morgan fingerprint density at radius 2 is 2.14 bits per heavy atom. The Hall–Kier alpha value is -1.54. The summed E-state index contributed by atoms with van der Waals surface area (Å²) in [6.07, 6.45) is -1.15. The summed E-state index contributed by atoms with van der Waals surface area (Å²) in [5.41, 5.74) is 5.85. The molecular formula is C13H17ClF3N3O2. The molecule has 0 aliphatic heterocycles. The second-order valence-electron chi connectivity index (χ2n) is 4.94. The highest BCUT2D eigenvalue weighted by Crippen LogP contribution is 2.32. The first-order valence-electron chi connectivity index (χ1n) is 6.55. The van der Waals surface area contributed by atoms with Gasteiger partial charge < -0.3 is 15.8 Å². The molecule has 1 amide bonds. The van der Waals surface area contributed by atoms with E-state index in [1.165, 1.54) is 18.3 Å². The van der Waals surface area contributed by atoms with Gasteiger partial charge in [0, 0.05) is 24.8 Å². The van der Waals surface area contributed by atoms with Gasteiger partial charge in [0.1, 0.15) is 0 Å². The quantitative estimate of drug-likeness (QED) is 0.830. The van der Waals surface area contributed by atoms with Crippen LogP contribution >= 0.6 is 12.4 Å². The summed E-state index contributed by atoms with van der Waals surface area (Å²) in [6, 6.07) is 2.53. The molecule has 1 saturated carbocycles. The van der Waals surface area contributed by atoms with Crippen LogP contribution in [0.3, 0.4) is 0 Å². The van der Waals surface area contributed by atoms with Gasteiger partial charge in [0.2, 0.25) is 5.88 Å². The van der Waals surface area contributed by atoms with Gasteiger partial charge in [-0.25, -0.2) is 4.98 Å². The lowest BCUT2D eigenvalue weighted by molar-refractivity contribution is -0.154. The normalized spacial score (nSPS) is 15.6. The molecule has 0 spiro atoms. The molecule has 0 aromatic carbocycles. The zero-order valence-corrected chi connectivity index (χ0v) is 12.4. The van der Waals surface area contributed by atoms with E-state index in [2.05, 4.69) is 15.0 Å². The molecule has 1 fully saturated rings.